The largest absolute Gasteiger partial charge is 0.505 e. The van der Waals surface area contributed by atoms with Crippen molar-refractivity contribution >= 4 is 17.5 Å². The fraction of sp³-hybridized carbons (Fsp3) is 0.250. The van der Waals surface area contributed by atoms with Crippen molar-refractivity contribution in [2.75, 3.05) is 5.32 Å². The molecule has 0 aromatic heterocycles. The summed E-state index contributed by atoms with van der Waals surface area (Å²) in [7, 11) is 0. The van der Waals surface area contributed by atoms with E-state index in [0.29, 0.717) is 17.5 Å². The lowest BCUT2D eigenvalue weighted by Crippen LogP contribution is -2.38. The minimum atomic E-state index is -0.559. The lowest BCUT2D eigenvalue weighted by Gasteiger charge is -2.18. The molecule has 0 fully saturated rings. The maximum Gasteiger partial charge on any atom is 0.260 e. The second-order valence-corrected chi connectivity index (χ2v) is 5.28. The number of aryl methyl sites for hydroxylation is 1. The number of benzene rings is 1. The number of aromatic hydroxyl groups is 1. The summed E-state index contributed by atoms with van der Waals surface area (Å²) in [6, 6.07) is 2.75. The predicted octanol–water partition coefficient (Wildman–Crippen LogP) is 2.33. The fourth-order valence-electron chi connectivity index (χ4n) is 2.73. The number of carbonyl (C=O) groups is 2. The van der Waals surface area contributed by atoms with Gasteiger partial charge in [-0.1, -0.05) is 18.2 Å². The van der Waals surface area contributed by atoms with Crippen LogP contribution in [-0.4, -0.2) is 27.9 Å². The summed E-state index contributed by atoms with van der Waals surface area (Å²) in [5, 5.41) is 12.8. The molecule has 5 nitrogen and oxygen atoms in total. The second-order valence-electron chi connectivity index (χ2n) is 5.28. The van der Waals surface area contributed by atoms with Crippen molar-refractivity contribution in [3.63, 3.8) is 0 Å². The summed E-state index contributed by atoms with van der Waals surface area (Å²) in [6.07, 6.45) is 5.96. The van der Waals surface area contributed by atoms with Gasteiger partial charge in [0.05, 0.1) is 11.3 Å². The first-order chi connectivity index (χ1) is 10.0. The predicted molar refractivity (Wildman–Crippen MR) is 78.9 cm³/mol. The number of phenolic OH excluding ortho intramolecular Hbond substituents is 1. The number of nitrogens with one attached hydrogen (secondary N) is 1. The van der Waals surface area contributed by atoms with E-state index in [1.54, 1.807) is 25.3 Å². The topological polar surface area (TPSA) is 69.6 Å². The Hall–Kier alpha value is -2.56. The van der Waals surface area contributed by atoms with Crippen molar-refractivity contribution in [2.45, 2.75) is 26.3 Å². The number of anilines is 1. The van der Waals surface area contributed by atoms with Crippen LogP contribution in [0.5, 0.6) is 5.75 Å². The molecule has 5 heteroatoms. The fourth-order valence-corrected chi connectivity index (χ4v) is 2.73. The molecule has 2 heterocycles. The summed E-state index contributed by atoms with van der Waals surface area (Å²) in [4.78, 5) is 26.4. The van der Waals surface area contributed by atoms with E-state index in [2.05, 4.69) is 5.32 Å². The Morgan fingerprint density at radius 1 is 1.38 bits per heavy atom. The third kappa shape index (κ3) is 2.01. The second kappa shape index (κ2) is 4.77. The third-order valence-electron chi connectivity index (χ3n) is 3.85. The Kier molecular flexibility index (Phi) is 3.05. The Balaban J connectivity index is 2.11. The van der Waals surface area contributed by atoms with Crippen molar-refractivity contribution in [3.8, 4) is 5.75 Å². The summed E-state index contributed by atoms with van der Waals surface area (Å²) < 4.78 is 0. The molecule has 2 amide bonds. The molecule has 1 aromatic rings. The van der Waals surface area contributed by atoms with Crippen LogP contribution in [0.4, 0.5) is 5.69 Å². The minimum Gasteiger partial charge on any atom is -0.505 e. The van der Waals surface area contributed by atoms with Crippen LogP contribution in [0.25, 0.3) is 0 Å². The zero-order valence-electron chi connectivity index (χ0n) is 11.9. The van der Waals surface area contributed by atoms with Gasteiger partial charge in [0.1, 0.15) is 11.8 Å². The molecule has 2 aliphatic heterocycles. The summed E-state index contributed by atoms with van der Waals surface area (Å²) in [6.45, 7) is 3.62. The summed E-state index contributed by atoms with van der Waals surface area (Å²) >= 11 is 0. The summed E-state index contributed by atoms with van der Waals surface area (Å²) in [5.74, 6) is -0.602. The normalized spacial score (nSPS) is 21.0. The highest BCUT2D eigenvalue weighted by molar-refractivity contribution is 6.12. The van der Waals surface area contributed by atoms with Gasteiger partial charge in [-0.05, 0) is 31.1 Å². The molecule has 0 bridgehead atoms. The van der Waals surface area contributed by atoms with Crippen LogP contribution in [0, 0.1) is 6.92 Å². The van der Waals surface area contributed by atoms with Crippen LogP contribution in [0.15, 0.2) is 36.1 Å². The van der Waals surface area contributed by atoms with Gasteiger partial charge in [0.15, 0.2) is 0 Å². The number of phenols is 1. The molecule has 0 saturated carbocycles. The molecular formula is C16H16N2O3. The van der Waals surface area contributed by atoms with Crippen LogP contribution in [0.3, 0.4) is 0 Å². The number of fused-ring (bicyclic) bond motifs is 2. The maximum absolute atomic E-state index is 12.6. The smallest absolute Gasteiger partial charge is 0.260 e. The van der Waals surface area contributed by atoms with Gasteiger partial charge in [0.2, 0.25) is 5.91 Å². The van der Waals surface area contributed by atoms with Gasteiger partial charge in [-0.15, -0.1) is 0 Å². The van der Waals surface area contributed by atoms with E-state index in [0.717, 1.165) is 5.57 Å². The first kappa shape index (κ1) is 13.4. The zero-order valence-corrected chi connectivity index (χ0v) is 11.9. The number of rotatable bonds is 1. The van der Waals surface area contributed by atoms with Crippen molar-refractivity contribution in [3.05, 3.63) is 47.2 Å². The van der Waals surface area contributed by atoms with Crippen LogP contribution in [-0.2, 0) is 4.79 Å². The highest BCUT2D eigenvalue weighted by Gasteiger charge is 2.39. The van der Waals surface area contributed by atoms with Crippen LogP contribution < -0.4 is 5.32 Å². The van der Waals surface area contributed by atoms with Gasteiger partial charge in [0, 0.05) is 12.6 Å². The molecule has 0 aliphatic carbocycles. The number of allylic oxidation sites excluding steroid dienone is 2. The standard InChI is InChI=1S/C16H16N2O3/c1-3-4-10-7-12-15(20)17-13-11(16(21)18(12)8-10)6-5-9(2)14(13)19/h3-6,8,12,19H,7H2,1-2H3,(H,17,20)/b4-3+/t12-/m0/s1. The lowest BCUT2D eigenvalue weighted by molar-refractivity contribution is -0.119. The molecule has 1 aromatic carbocycles. The van der Waals surface area contributed by atoms with Crippen LogP contribution in [0.2, 0.25) is 0 Å². The monoisotopic (exact) mass is 284 g/mol. The Morgan fingerprint density at radius 2 is 2.14 bits per heavy atom. The van der Waals surface area contributed by atoms with E-state index >= 15 is 0 Å². The van der Waals surface area contributed by atoms with Gasteiger partial charge in [-0.25, -0.2) is 0 Å². The molecule has 2 N–H and O–H groups in total. The van der Waals surface area contributed by atoms with E-state index in [4.69, 9.17) is 0 Å². The number of carbonyl (C=O) groups excluding carboxylic acids is 2. The quantitative estimate of drug-likeness (QED) is 0.778. The molecular weight excluding hydrogens is 268 g/mol. The van der Waals surface area contributed by atoms with Crippen molar-refractivity contribution in [1.29, 1.82) is 0 Å². The lowest BCUT2D eigenvalue weighted by atomic mass is 10.1. The number of amides is 2. The first-order valence-corrected chi connectivity index (χ1v) is 6.82. The Morgan fingerprint density at radius 3 is 2.86 bits per heavy atom. The van der Waals surface area contributed by atoms with Crippen molar-refractivity contribution in [1.82, 2.24) is 4.90 Å². The molecule has 1 atom stereocenters. The van der Waals surface area contributed by atoms with Gasteiger partial charge in [0.25, 0.3) is 5.91 Å². The SMILES string of the molecule is C/C=C/C1=CN2C(=O)c3ccc(C)c(O)c3NC(=O)[C@@H]2C1. The average Bonchev–Trinajstić information content (AvgIpc) is 2.84. The van der Waals surface area contributed by atoms with Gasteiger partial charge in [-0.2, -0.15) is 0 Å². The van der Waals surface area contributed by atoms with E-state index in [9.17, 15) is 14.7 Å². The maximum atomic E-state index is 12.6. The van der Waals surface area contributed by atoms with Crippen LogP contribution >= 0.6 is 0 Å². The van der Waals surface area contributed by atoms with E-state index < -0.39 is 6.04 Å². The van der Waals surface area contributed by atoms with Crippen LogP contribution in [0.1, 0.15) is 29.3 Å². The first-order valence-electron chi connectivity index (χ1n) is 6.82. The molecule has 21 heavy (non-hydrogen) atoms. The third-order valence-corrected chi connectivity index (χ3v) is 3.85. The van der Waals surface area contributed by atoms with Crippen molar-refractivity contribution < 1.29 is 14.7 Å². The Labute approximate surface area is 122 Å². The average molecular weight is 284 g/mol. The van der Waals surface area contributed by atoms with E-state index in [1.165, 1.54) is 4.90 Å². The Bertz CT molecular complexity index is 704. The highest BCUT2D eigenvalue weighted by atomic mass is 16.3. The number of hydrogen-bond donors (Lipinski definition) is 2. The van der Waals surface area contributed by atoms with Gasteiger partial charge < -0.3 is 15.3 Å². The number of hydrogen-bond acceptors (Lipinski definition) is 3. The molecule has 3 rings (SSSR count). The highest BCUT2D eigenvalue weighted by Crippen LogP contribution is 2.37. The van der Waals surface area contributed by atoms with E-state index in [1.807, 2.05) is 19.1 Å². The molecule has 108 valence electrons. The summed E-state index contributed by atoms with van der Waals surface area (Å²) in [5.41, 5.74) is 2.08. The van der Waals surface area contributed by atoms with Gasteiger partial charge in [-0.3, -0.25) is 9.59 Å². The molecule has 0 spiro atoms. The molecule has 0 unspecified atom stereocenters. The molecule has 0 saturated heterocycles. The van der Waals surface area contributed by atoms with E-state index in [-0.39, 0.29) is 23.3 Å². The van der Waals surface area contributed by atoms with Crippen molar-refractivity contribution in [2.24, 2.45) is 0 Å². The number of nitrogens with zero attached hydrogens (tertiary/aromatic N) is 1. The van der Waals surface area contributed by atoms with Gasteiger partial charge >= 0.3 is 0 Å². The zero-order chi connectivity index (χ0) is 15.1. The minimum absolute atomic E-state index is 0.0481. The molecule has 0 radical (unpaired) electrons. The molecule has 2 aliphatic rings.